The lowest BCUT2D eigenvalue weighted by atomic mass is 9.83. The topological polar surface area (TPSA) is 49.9 Å². The Morgan fingerprint density at radius 2 is 1.96 bits per heavy atom. The Bertz CT molecular complexity index is 664. The second-order valence-electron chi connectivity index (χ2n) is 7.39. The van der Waals surface area contributed by atoms with Gasteiger partial charge in [0.05, 0.1) is 5.92 Å². The number of hydrogen-bond acceptors (Lipinski definition) is 3. The molecule has 5 heteroatoms. The molecule has 1 aromatic rings. The van der Waals surface area contributed by atoms with Gasteiger partial charge >= 0.3 is 0 Å². The van der Waals surface area contributed by atoms with E-state index in [9.17, 15) is 9.59 Å². The molecule has 4 rings (SSSR count). The van der Waals surface area contributed by atoms with Crippen LogP contribution in [0.25, 0.3) is 0 Å². The van der Waals surface area contributed by atoms with Crippen molar-refractivity contribution in [1.82, 2.24) is 9.80 Å². The summed E-state index contributed by atoms with van der Waals surface area (Å²) in [6.45, 7) is 2.02. The zero-order valence-electron chi connectivity index (χ0n) is 14.2. The fraction of sp³-hybridized carbons (Fsp3) is 0.579. The standard InChI is InChI=1S/C19H24N2O3/c1-20-13-15(12-17(20)22)18(23)21-10-8-19(9-11-21)7-6-14-4-2-3-5-16(14)24-19/h2-5,15H,6-13H2,1H3/t15-/m1/s1. The number of fused-ring (bicyclic) bond motifs is 1. The molecule has 0 bridgehead atoms. The quantitative estimate of drug-likeness (QED) is 0.790. The molecule has 24 heavy (non-hydrogen) atoms. The zero-order valence-corrected chi connectivity index (χ0v) is 14.2. The average Bonchev–Trinajstić information content (AvgIpc) is 2.94. The predicted molar refractivity (Wildman–Crippen MR) is 89.7 cm³/mol. The van der Waals surface area contributed by atoms with Crippen LogP contribution in [0.2, 0.25) is 0 Å². The third kappa shape index (κ3) is 2.66. The highest BCUT2D eigenvalue weighted by Crippen LogP contribution is 2.39. The van der Waals surface area contributed by atoms with Crippen LogP contribution in [0.1, 0.15) is 31.2 Å². The maximum Gasteiger partial charge on any atom is 0.227 e. The van der Waals surface area contributed by atoms with Gasteiger partial charge in [0, 0.05) is 45.9 Å². The molecule has 0 saturated carbocycles. The molecule has 0 aromatic heterocycles. The number of amides is 2. The minimum absolute atomic E-state index is 0.0778. The van der Waals surface area contributed by atoms with E-state index in [4.69, 9.17) is 4.74 Å². The summed E-state index contributed by atoms with van der Waals surface area (Å²) in [5.41, 5.74) is 1.17. The first-order chi connectivity index (χ1) is 11.6. The van der Waals surface area contributed by atoms with Crippen LogP contribution in [0.5, 0.6) is 5.75 Å². The van der Waals surface area contributed by atoms with E-state index in [0.29, 0.717) is 13.0 Å². The highest BCUT2D eigenvalue weighted by molar-refractivity contribution is 5.89. The van der Waals surface area contributed by atoms with E-state index in [1.165, 1.54) is 5.56 Å². The number of benzene rings is 1. The maximum absolute atomic E-state index is 12.7. The number of hydrogen-bond donors (Lipinski definition) is 0. The molecule has 3 heterocycles. The van der Waals surface area contributed by atoms with Gasteiger partial charge in [-0.25, -0.2) is 0 Å². The van der Waals surface area contributed by atoms with Gasteiger partial charge in [0.2, 0.25) is 11.8 Å². The van der Waals surface area contributed by atoms with Gasteiger partial charge in [-0.05, 0) is 24.5 Å². The molecule has 128 valence electrons. The molecule has 3 aliphatic heterocycles. The van der Waals surface area contributed by atoms with Crippen LogP contribution in [0.4, 0.5) is 0 Å². The molecule has 0 radical (unpaired) electrons. The lowest BCUT2D eigenvalue weighted by molar-refractivity contribution is -0.139. The predicted octanol–water partition coefficient (Wildman–Crippen LogP) is 1.85. The van der Waals surface area contributed by atoms with Gasteiger partial charge in [0.25, 0.3) is 0 Å². The third-order valence-electron chi connectivity index (χ3n) is 5.83. The van der Waals surface area contributed by atoms with Crippen LogP contribution in [-0.4, -0.2) is 53.9 Å². The van der Waals surface area contributed by atoms with Crippen molar-refractivity contribution in [2.75, 3.05) is 26.7 Å². The molecular weight excluding hydrogens is 304 g/mol. The van der Waals surface area contributed by atoms with Crippen molar-refractivity contribution in [3.8, 4) is 5.75 Å². The highest BCUT2D eigenvalue weighted by atomic mass is 16.5. The van der Waals surface area contributed by atoms with E-state index >= 15 is 0 Å². The molecule has 0 N–H and O–H groups in total. The van der Waals surface area contributed by atoms with E-state index < -0.39 is 0 Å². The van der Waals surface area contributed by atoms with Crippen LogP contribution in [0, 0.1) is 5.92 Å². The molecule has 0 unspecified atom stereocenters. The van der Waals surface area contributed by atoms with Crippen LogP contribution in [-0.2, 0) is 16.0 Å². The number of piperidine rings is 1. The molecule has 1 aromatic carbocycles. The average molecular weight is 328 g/mol. The van der Waals surface area contributed by atoms with E-state index in [1.807, 2.05) is 17.0 Å². The van der Waals surface area contributed by atoms with Crippen LogP contribution in [0.3, 0.4) is 0 Å². The van der Waals surface area contributed by atoms with E-state index in [0.717, 1.165) is 44.5 Å². The Hall–Kier alpha value is -2.04. The maximum atomic E-state index is 12.7. The summed E-state index contributed by atoms with van der Waals surface area (Å²) in [5, 5.41) is 0. The number of carbonyl (C=O) groups excluding carboxylic acids is 2. The number of nitrogens with zero attached hydrogens (tertiary/aromatic N) is 2. The Labute approximate surface area is 142 Å². The number of carbonyl (C=O) groups is 2. The molecule has 2 fully saturated rings. The third-order valence-corrected chi connectivity index (χ3v) is 5.83. The summed E-state index contributed by atoms with van der Waals surface area (Å²) in [5.74, 6) is 1.06. The van der Waals surface area contributed by atoms with Gasteiger partial charge in [0.1, 0.15) is 11.4 Å². The first kappa shape index (κ1) is 15.5. The lowest BCUT2D eigenvalue weighted by Crippen LogP contribution is -2.52. The number of likely N-dealkylation sites (tertiary alicyclic amines) is 2. The number of ether oxygens (including phenoxy) is 1. The smallest absolute Gasteiger partial charge is 0.227 e. The largest absolute Gasteiger partial charge is 0.487 e. The summed E-state index contributed by atoms with van der Waals surface area (Å²) in [4.78, 5) is 27.9. The van der Waals surface area contributed by atoms with Crippen molar-refractivity contribution in [1.29, 1.82) is 0 Å². The molecule has 2 amide bonds. The highest BCUT2D eigenvalue weighted by Gasteiger charge is 2.42. The first-order valence-electron chi connectivity index (χ1n) is 8.86. The Morgan fingerprint density at radius 1 is 1.21 bits per heavy atom. The van der Waals surface area contributed by atoms with Gasteiger partial charge < -0.3 is 14.5 Å². The molecular formula is C19H24N2O3. The summed E-state index contributed by atoms with van der Waals surface area (Å²) in [6.07, 6.45) is 4.19. The minimum Gasteiger partial charge on any atom is -0.487 e. The van der Waals surface area contributed by atoms with Crippen LogP contribution < -0.4 is 4.74 Å². The summed E-state index contributed by atoms with van der Waals surface area (Å²) in [7, 11) is 1.77. The normalized spacial score (nSPS) is 25.5. The number of para-hydroxylation sites is 1. The minimum atomic E-state index is -0.162. The number of rotatable bonds is 1. The van der Waals surface area contributed by atoms with Gasteiger partial charge in [-0.1, -0.05) is 18.2 Å². The first-order valence-corrected chi connectivity index (χ1v) is 8.86. The summed E-state index contributed by atoms with van der Waals surface area (Å²) >= 11 is 0. The fourth-order valence-electron chi connectivity index (χ4n) is 4.23. The molecule has 5 nitrogen and oxygen atoms in total. The monoisotopic (exact) mass is 328 g/mol. The number of aryl methyl sites for hydroxylation is 1. The fourth-order valence-corrected chi connectivity index (χ4v) is 4.23. The van der Waals surface area contributed by atoms with Gasteiger partial charge in [-0.3, -0.25) is 9.59 Å². The zero-order chi connectivity index (χ0) is 16.7. The molecule has 1 spiro atoms. The molecule has 1 atom stereocenters. The second-order valence-corrected chi connectivity index (χ2v) is 7.39. The van der Waals surface area contributed by atoms with Crippen LogP contribution in [0.15, 0.2) is 24.3 Å². The molecule has 0 aliphatic carbocycles. The van der Waals surface area contributed by atoms with Crippen molar-refractivity contribution in [3.63, 3.8) is 0 Å². The molecule has 2 saturated heterocycles. The van der Waals surface area contributed by atoms with E-state index in [1.54, 1.807) is 11.9 Å². The van der Waals surface area contributed by atoms with Gasteiger partial charge in [-0.2, -0.15) is 0 Å². The van der Waals surface area contributed by atoms with Crippen molar-refractivity contribution in [3.05, 3.63) is 29.8 Å². The van der Waals surface area contributed by atoms with Crippen molar-refractivity contribution in [2.24, 2.45) is 5.92 Å². The SMILES string of the molecule is CN1C[C@H](C(=O)N2CCC3(CCc4ccccc4O3)CC2)CC1=O. The summed E-state index contributed by atoms with van der Waals surface area (Å²) in [6, 6.07) is 8.26. The second kappa shape index (κ2) is 5.80. The Balaban J connectivity index is 1.39. The van der Waals surface area contributed by atoms with Crippen LogP contribution >= 0.6 is 0 Å². The van der Waals surface area contributed by atoms with Gasteiger partial charge in [0.15, 0.2) is 0 Å². The Kier molecular flexibility index (Phi) is 3.74. The molecule has 3 aliphatic rings. The van der Waals surface area contributed by atoms with E-state index in [-0.39, 0.29) is 23.3 Å². The van der Waals surface area contributed by atoms with Crippen molar-refractivity contribution in [2.45, 2.75) is 37.7 Å². The van der Waals surface area contributed by atoms with Crippen molar-refractivity contribution < 1.29 is 14.3 Å². The van der Waals surface area contributed by atoms with E-state index in [2.05, 4.69) is 12.1 Å². The summed E-state index contributed by atoms with van der Waals surface area (Å²) < 4.78 is 6.35. The van der Waals surface area contributed by atoms with Gasteiger partial charge in [-0.15, -0.1) is 0 Å². The van der Waals surface area contributed by atoms with Crippen molar-refractivity contribution >= 4 is 11.8 Å². The Morgan fingerprint density at radius 3 is 2.67 bits per heavy atom. The lowest BCUT2D eigenvalue weighted by Gasteiger charge is -2.45.